The van der Waals surface area contributed by atoms with Crippen LogP contribution in [0.3, 0.4) is 0 Å². The van der Waals surface area contributed by atoms with Crippen molar-refractivity contribution in [3.63, 3.8) is 0 Å². The van der Waals surface area contributed by atoms with Crippen molar-refractivity contribution >= 4 is 29.3 Å². The first-order valence-electron chi connectivity index (χ1n) is 10.9. The molecule has 182 valence electrons. The fourth-order valence-electron chi connectivity index (χ4n) is 4.10. The standard InChI is InChI=1S/C22H36N2O8/c1-15(25)32-20-14-19(24-31-5)17(12-13-22(27)29-3)18(20)11-10-16(23-30-4)8-6-7-9-21(26)28-2/h17-18,20H,6-14H2,1-5H3/b23-16+,24-19+. The zero-order chi connectivity index (χ0) is 23.9. The van der Waals surface area contributed by atoms with Gasteiger partial charge in [-0.2, -0.15) is 0 Å². The molecule has 0 amide bonds. The number of unbranched alkanes of at least 4 members (excludes halogenated alkanes) is 1. The average Bonchev–Trinajstić information content (AvgIpc) is 3.08. The number of nitrogens with zero attached hydrogens (tertiary/aromatic N) is 2. The zero-order valence-electron chi connectivity index (χ0n) is 19.8. The Balaban J connectivity index is 2.87. The van der Waals surface area contributed by atoms with E-state index in [1.807, 2.05) is 0 Å². The van der Waals surface area contributed by atoms with E-state index in [1.165, 1.54) is 35.4 Å². The summed E-state index contributed by atoms with van der Waals surface area (Å²) in [7, 11) is 5.69. The van der Waals surface area contributed by atoms with Crippen LogP contribution in [0.5, 0.6) is 0 Å². The highest BCUT2D eigenvalue weighted by Gasteiger charge is 2.43. The van der Waals surface area contributed by atoms with Gasteiger partial charge < -0.3 is 23.9 Å². The number of carbonyl (C=O) groups is 3. The van der Waals surface area contributed by atoms with Gasteiger partial charge >= 0.3 is 17.9 Å². The maximum absolute atomic E-state index is 11.7. The summed E-state index contributed by atoms with van der Waals surface area (Å²) in [6, 6.07) is 0. The molecule has 0 saturated heterocycles. The molecule has 1 rings (SSSR count). The Morgan fingerprint density at radius 3 is 2.12 bits per heavy atom. The van der Waals surface area contributed by atoms with Gasteiger partial charge in [0.05, 0.1) is 25.6 Å². The molecule has 0 radical (unpaired) electrons. The predicted octanol–water partition coefficient (Wildman–Crippen LogP) is 3.03. The van der Waals surface area contributed by atoms with Crippen molar-refractivity contribution in [2.24, 2.45) is 22.1 Å². The molecule has 3 unspecified atom stereocenters. The van der Waals surface area contributed by atoms with Crippen LogP contribution < -0.4 is 0 Å². The molecule has 0 heterocycles. The van der Waals surface area contributed by atoms with Crippen molar-refractivity contribution in [3.05, 3.63) is 0 Å². The van der Waals surface area contributed by atoms with Crippen molar-refractivity contribution < 1.29 is 38.3 Å². The maximum atomic E-state index is 11.7. The molecule has 0 aromatic rings. The van der Waals surface area contributed by atoms with Crippen molar-refractivity contribution in [3.8, 4) is 0 Å². The van der Waals surface area contributed by atoms with Gasteiger partial charge in [0, 0.05) is 38.0 Å². The van der Waals surface area contributed by atoms with Gasteiger partial charge in [-0.1, -0.05) is 10.3 Å². The second-order valence-electron chi connectivity index (χ2n) is 7.66. The summed E-state index contributed by atoms with van der Waals surface area (Å²) in [6.45, 7) is 1.38. The molecule has 3 atom stereocenters. The van der Waals surface area contributed by atoms with Gasteiger partial charge in [-0.3, -0.25) is 14.4 Å². The van der Waals surface area contributed by atoms with E-state index in [1.54, 1.807) is 0 Å². The molecular weight excluding hydrogens is 420 g/mol. The second-order valence-corrected chi connectivity index (χ2v) is 7.66. The molecule has 32 heavy (non-hydrogen) atoms. The molecular formula is C22H36N2O8. The number of hydrogen-bond donors (Lipinski definition) is 0. The van der Waals surface area contributed by atoms with Crippen LogP contribution in [0.25, 0.3) is 0 Å². The fourth-order valence-corrected chi connectivity index (χ4v) is 4.10. The summed E-state index contributed by atoms with van der Waals surface area (Å²) in [5.41, 5.74) is 1.64. The van der Waals surface area contributed by atoms with Gasteiger partial charge in [0.2, 0.25) is 0 Å². The number of oxime groups is 2. The number of esters is 3. The molecule has 0 spiro atoms. The van der Waals surface area contributed by atoms with E-state index in [4.69, 9.17) is 19.1 Å². The Morgan fingerprint density at radius 2 is 1.53 bits per heavy atom. The lowest BCUT2D eigenvalue weighted by Gasteiger charge is -2.24. The lowest BCUT2D eigenvalue weighted by atomic mass is 9.85. The Bertz CT molecular complexity index is 677. The topological polar surface area (TPSA) is 122 Å². The molecule has 0 aromatic heterocycles. The normalized spacial score (nSPS) is 21.8. The van der Waals surface area contributed by atoms with Crippen LogP contribution in [-0.4, -0.2) is 63.9 Å². The number of methoxy groups -OCH3 is 2. The number of carbonyl (C=O) groups excluding carboxylic acids is 3. The molecule has 0 aromatic carbocycles. The molecule has 0 aliphatic heterocycles. The van der Waals surface area contributed by atoms with Crippen LogP contribution in [0.4, 0.5) is 0 Å². The molecule has 1 aliphatic carbocycles. The van der Waals surface area contributed by atoms with E-state index in [0.29, 0.717) is 44.9 Å². The van der Waals surface area contributed by atoms with Gasteiger partial charge in [-0.25, -0.2) is 0 Å². The van der Waals surface area contributed by atoms with E-state index in [9.17, 15) is 14.4 Å². The first-order valence-corrected chi connectivity index (χ1v) is 10.9. The molecule has 0 bridgehead atoms. The van der Waals surface area contributed by atoms with Gasteiger partial charge in [-0.15, -0.1) is 0 Å². The van der Waals surface area contributed by atoms with E-state index >= 15 is 0 Å². The van der Waals surface area contributed by atoms with Gasteiger partial charge in [0.1, 0.15) is 20.3 Å². The Morgan fingerprint density at radius 1 is 0.875 bits per heavy atom. The summed E-state index contributed by atoms with van der Waals surface area (Å²) in [6.07, 6.45) is 4.68. The average molecular weight is 457 g/mol. The Kier molecular flexibility index (Phi) is 13.0. The summed E-state index contributed by atoms with van der Waals surface area (Å²) >= 11 is 0. The van der Waals surface area contributed by atoms with Crippen LogP contribution in [-0.2, 0) is 38.3 Å². The molecule has 1 fully saturated rings. The largest absolute Gasteiger partial charge is 0.469 e. The SMILES string of the molecule is CO/N=C(\CCCCC(=O)OC)CCC1C(OC(C)=O)C/C(=N\OC)C1CCC(=O)OC. The number of hydrogen-bond acceptors (Lipinski definition) is 10. The Hall–Kier alpha value is -2.65. The van der Waals surface area contributed by atoms with E-state index < -0.39 is 0 Å². The number of rotatable bonds is 14. The van der Waals surface area contributed by atoms with Crippen LogP contribution in [0.1, 0.15) is 64.7 Å². The molecule has 10 nitrogen and oxygen atoms in total. The minimum Gasteiger partial charge on any atom is -0.469 e. The zero-order valence-corrected chi connectivity index (χ0v) is 19.8. The van der Waals surface area contributed by atoms with Gasteiger partial charge in [0.15, 0.2) is 0 Å². The smallest absolute Gasteiger partial charge is 0.305 e. The quantitative estimate of drug-likeness (QED) is 0.128. The molecule has 1 aliphatic rings. The fraction of sp³-hybridized carbons (Fsp3) is 0.773. The Labute approximate surface area is 189 Å². The minimum atomic E-state index is -0.362. The first-order chi connectivity index (χ1) is 15.4. The lowest BCUT2D eigenvalue weighted by Crippen LogP contribution is -2.26. The van der Waals surface area contributed by atoms with Crippen molar-refractivity contribution in [2.45, 2.75) is 70.8 Å². The summed E-state index contributed by atoms with van der Waals surface area (Å²) in [5, 5.41) is 8.28. The van der Waals surface area contributed by atoms with Crippen LogP contribution in [0.15, 0.2) is 10.3 Å². The van der Waals surface area contributed by atoms with E-state index in [2.05, 4.69) is 15.0 Å². The maximum Gasteiger partial charge on any atom is 0.305 e. The third-order valence-electron chi connectivity index (χ3n) is 5.56. The molecule has 10 heteroatoms. The third-order valence-corrected chi connectivity index (χ3v) is 5.56. The monoisotopic (exact) mass is 456 g/mol. The van der Waals surface area contributed by atoms with E-state index in [0.717, 1.165) is 17.8 Å². The minimum absolute atomic E-state index is 0.0467. The van der Waals surface area contributed by atoms with E-state index in [-0.39, 0.29) is 42.3 Å². The van der Waals surface area contributed by atoms with Crippen molar-refractivity contribution in [1.29, 1.82) is 0 Å². The molecule has 1 saturated carbocycles. The summed E-state index contributed by atoms with van der Waals surface area (Å²) in [4.78, 5) is 44.7. The van der Waals surface area contributed by atoms with Crippen LogP contribution in [0.2, 0.25) is 0 Å². The van der Waals surface area contributed by atoms with Crippen LogP contribution in [0, 0.1) is 11.8 Å². The summed E-state index contributed by atoms with van der Waals surface area (Å²) < 4.78 is 15.0. The highest BCUT2D eigenvalue weighted by molar-refractivity contribution is 5.90. The first kappa shape index (κ1) is 27.4. The number of ether oxygens (including phenoxy) is 3. The van der Waals surface area contributed by atoms with Crippen molar-refractivity contribution in [2.75, 3.05) is 28.4 Å². The highest BCUT2D eigenvalue weighted by Crippen LogP contribution is 2.39. The van der Waals surface area contributed by atoms with Crippen molar-refractivity contribution in [1.82, 2.24) is 0 Å². The lowest BCUT2D eigenvalue weighted by molar-refractivity contribution is -0.149. The highest BCUT2D eigenvalue weighted by atomic mass is 16.6. The second kappa shape index (κ2) is 15.2. The van der Waals surface area contributed by atoms with Gasteiger partial charge in [0.25, 0.3) is 0 Å². The molecule has 0 N–H and O–H groups in total. The predicted molar refractivity (Wildman–Crippen MR) is 117 cm³/mol. The van der Waals surface area contributed by atoms with Crippen LogP contribution >= 0.6 is 0 Å². The summed E-state index contributed by atoms with van der Waals surface area (Å²) in [5.74, 6) is -1.03. The third kappa shape index (κ3) is 9.65. The van der Waals surface area contributed by atoms with Gasteiger partial charge in [-0.05, 0) is 38.5 Å².